The molecule has 0 saturated carbocycles. The lowest BCUT2D eigenvalue weighted by atomic mass is 10.2. The Balaban J connectivity index is 2.01. The Hall–Kier alpha value is -1.98. The number of furan rings is 1. The minimum absolute atomic E-state index is 0.0124. The molecule has 0 spiro atoms. The normalized spacial score (nSPS) is 11.7. The van der Waals surface area contributed by atoms with Crippen LogP contribution in [-0.4, -0.2) is 18.6 Å². The summed E-state index contributed by atoms with van der Waals surface area (Å²) < 4.78 is 40.9. The lowest BCUT2D eigenvalue weighted by Gasteiger charge is -2.06. The van der Waals surface area contributed by atoms with Crippen molar-refractivity contribution in [2.75, 3.05) is 6.54 Å². The van der Waals surface area contributed by atoms with E-state index in [0.29, 0.717) is 5.58 Å². The number of rotatable bonds is 3. The van der Waals surface area contributed by atoms with E-state index in [-0.39, 0.29) is 5.76 Å². The monoisotopic (exact) mass is 257 g/mol. The maximum atomic E-state index is 11.9. The van der Waals surface area contributed by atoms with Gasteiger partial charge >= 0.3 is 6.18 Å². The van der Waals surface area contributed by atoms with Crippen molar-refractivity contribution in [3.8, 4) is 0 Å². The van der Waals surface area contributed by atoms with Gasteiger partial charge < -0.3 is 9.73 Å². The number of carbonyl (C=O) groups excluding carboxylic acids is 1. The molecule has 0 aliphatic rings. The summed E-state index contributed by atoms with van der Waals surface area (Å²) in [5.41, 5.74) is 0.526. The molecule has 0 radical (unpaired) electrons. The molecule has 1 heterocycles. The van der Waals surface area contributed by atoms with Gasteiger partial charge in [0.15, 0.2) is 5.76 Å². The van der Waals surface area contributed by atoms with Crippen molar-refractivity contribution in [2.45, 2.75) is 12.6 Å². The highest BCUT2D eigenvalue weighted by Crippen LogP contribution is 2.20. The molecule has 1 amide bonds. The van der Waals surface area contributed by atoms with E-state index in [2.05, 4.69) is 5.32 Å². The first-order valence-electron chi connectivity index (χ1n) is 5.29. The predicted octanol–water partition coefficient (Wildman–Crippen LogP) is 3.12. The number of benzene rings is 1. The molecule has 0 aliphatic heterocycles. The maximum absolute atomic E-state index is 11.9. The number of carbonyl (C=O) groups is 1. The van der Waals surface area contributed by atoms with Crippen LogP contribution in [0.4, 0.5) is 13.2 Å². The van der Waals surface area contributed by atoms with Gasteiger partial charge in [-0.25, -0.2) is 0 Å². The number of para-hydroxylation sites is 1. The van der Waals surface area contributed by atoms with E-state index in [1.807, 2.05) is 0 Å². The van der Waals surface area contributed by atoms with Crippen molar-refractivity contribution in [1.82, 2.24) is 5.32 Å². The van der Waals surface area contributed by atoms with Crippen molar-refractivity contribution in [2.24, 2.45) is 0 Å². The van der Waals surface area contributed by atoms with Crippen LogP contribution in [0.5, 0.6) is 0 Å². The highest BCUT2D eigenvalue weighted by molar-refractivity contribution is 5.95. The average Bonchev–Trinajstić information content (AvgIpc) is 2.70. The summed E-state index contributed by atoms with van der Waals surface area (Å²) in [6.07, 6.45) is -5.33. The largest absolute Gasteiger partial charge is 0.451 e. The number of alkyl halides is 3. The van der Waals surface area contributed by atoms with Crippen molar-refractivity contribution in [3.63, 3.8) is 0 Å². The smallest absolute Gasteiger partial charge is 0.390 e. The minimum Gasteiger partial charge on any atom is -0.451 e. The summed E-state index contributed by atoms with van der Waals surface area (Å²) in [7, 11) is 0. The second kappa shape index (κ2) is 4.72. The van der Waals surface area contributed by atoms with Gasteiger partial charge in [0.25, 0.3) is 5.91 Å². The van der Waals surface area contributed by atoms with Crippen LogP contribution in [0.1, 0.15) is 17.0 Å². The molecule has 18 heavy (non-hydrogen) atoms. The molecule has 0 bridgehead atoms. The van der Waals surface area contributed by atoms with Crippen molar-refractivity contribution >= 4 is 16.9 Å². The molecule has 1 N–H and O–H groups in total. The molecule has 96 valence electrons. The zero-order valence-corrected chi connectivity index (χ0v) is 9.25. The molecule has 0 unspecified atom stereocenters. The Bertz CT molecular complexity index is 527. The third-order valence-corrected chi connectivity index (χ3v) is 2.34. The second-order valence-electron chi connectivity index (χ2n) is 3.77. The number of amides is 1. The summed E-state index contributed by atoms with van der Waals surface area (Å²) in [4.78, 5) is 11.5. The third-order valence-electron chi connectivity index (χ3n) is 2.34. The van der Waals surface area contributed by atoms with Gasteiger partial charge in [0.1, 0.15) is 5.58 Å². The standard InChI is InChI=1S/C12H10F3NO2/c13-12(14,15)5-6-16-11(17)10-7-8-3-1-2-4-9(8)18-10/h1-4,7H,5-6H2,(H,16,17). The maximum Gasteiger partial charge on any atom is 0.390 e. The van der Waals surface area contributed by atoms with E-state index in [4.69, 9.17) is 4.42 Å². The van der Waals surface area contributed by atoms with Crippen LogP contribution < -0.4 is 5.32 Å². The molecular weight excluding hydrogens is 247 g/mol. The van der Waals surface area contributed by atoms with E-state index in [1.54, 1.807) is 24.3 Å². The van der Waals surface area contributed by atoms with Crippen LogP contribution in [0.3, 0.4) is 0 Å². The van der Waals surface area contributed by atoms with Gasteiger partial charge in [-0.1, -0.05) is 18.2 Å². The molecule has 1 aromatic carbocycles. The minimum atomic E-state index is -4.28. The van der Waals surface area contributed by atoms with Gasteiger partial charge in [-0.15, -0.1) is 0 Å². The lowest BCUT2D eigenvalue weighted by Crippen LogP contribution is -2.27. The third kappa shape index (κ3) is 3.03. The summed E-state index contributed by atoms with van der Waals surface area (Å²) in [6, 6.07) is 8.46. The number of fused-ring (bicyclic) bond motifs is 1. The average molecular weight is 257 g/mol. The summed E-state index contributed by atoms with van der Waals surface area (Å²) in [6.45, 7) is -0.459. The molecule has 0 aliphatic carbocycles. The van der Waals surface area contributed by atoms with E-state index in [0.717, 1.165) is 5.39 Å². The van der Waals surface area contributed by atoms with Gasteiger partial charge in [-0.3, -0.25) is 4.79 Å². The molecular formula is C12H10F3NO2. The molecule has 0 fully saturated rings. The molecule has 3 nitrogen and oxygen atoms in total. The zero-order valence-electron chi connectivity index (χ0n) is 9.25. The fourth-order valence-electron chi connectivity index (χ4n) is 1.50. The number of hydrogen-bond acceptors (Lipinski definition) is 2. The van der Waals surface area contributed by atoms with Crippen LogP contribution in [0.15, 0.2) is 34.7 Å². The Morgan fingerprint density at radius 3 is 2.67 bits per heavy atom. The molecule has 6 heteroatoms. The summed E-state index contributed by atoms with van der Waals surface area (Å²) >= 11 is 0. The first-order chi connectivity index (χ1) is 8.46. The fourth-order valence-corrected chi connectivity index (χ4v) is 1.50. The first-order valence-corrected chi connectivity index (χ1v) is 5.29. The Morgan fingerprint density at radius 2 is 2.00 bits per heavy atom. The molecule has 2 rings (SSSR count). The highest BCUT2D eigenvalue weighted by Gasteiger charge is 2.26. The van der Waals surface area contributed by atoms with Crippen LogP contribution >= 0.6 is 0 Å². The number of halogens is 3. The van der Waals surface area contributed by atoms with Crippen molar-refractivity contribution in [1.29, 1.82) is 0 Å². The van der Waals surface area contributed by atoms with Crippen molar-refractivity contribution in [3.05, 3.63) is 36.1 Å². The van der Waals surface area contributed by atoms with Crippen molar-refractivity contribution < 1.29 is 22.4 Å². The number of nitrogens with one attached hydrogen (secondary N) is 1. The second-order valence-corrected chi connectivity index (χ2v) is 3.77. The Kier molecular flexibility index (Phi) is 3.27. The Morgan fingerprint density at radius 1 is 1.28 bits per heavy atom. The zero-order chi connectivity index (χ0) is 13.2. The van der Waals surface area contributed by atoms with Gasteiger partial charge in [-0.05, 0) is 12.1 Å². The van der Waals surface area contributed by atoms with Crippen LogP contribution in [-0.2, 0) is 0 Å². The summed E-state index contributed by atoms with van der Waals surface area (Å²) in [5, 5.41) is 2.90. The van der Waals surface area contributed by atoms with E-state index >= 15 is 0 Å². The van der Waals surface area contributed by atoms with Crippen LogP contribution in [0.2, 0.25) is 0 Å². The topological polar surface area (TPSA) is 42.2 Å². The highest BCUT2D eigenvalue weighted by atomic mass is 19.4. The molecule has 0 atom stereocenters. The lowest BCUT2D eigenvalue weighted by molar-refractivity contribution is -0.133. The van der Waals surface area contributed by atoms with Gasteiger partial charge in [0.05, 0.1) is 6.42 Å². The fraction of sp³-hybridized carbons (Fsp3) is 0.250. The van der Waals surface area contributed by atoms with E-state index in [1.165, 1.54) is 6.07 Å². The quantitative estimate of drug-likeness (QED) is 0.917. The van der Waals surface area contributed by atoms with Gasteiger partial charge in [0.2, 0.25) is 0 Å². The number of hydrogen-bond donors (Lipinski definition) is 1. The van der Waals surface area contributed by atoms with Crippen LogP contribution in [0.25, 0.3) is 11.0 Å². The predicted molar refractivity (Wildman–Crippen MR) is 59.2 cm³/mol. The van der Waals surface area contributed by atoms with Gasteiger partial charge in [-0.2, -0.15) is 13.2 Å². The molecule has 0 saturated heterocycles. The molecule has 1 aromatic heterocycles. The van der Waals surface area contributed by atoms with E-state index in [9.17, 15) is 18.0 Å². The Labute approximate surface area is 101 Å². The van der Waals surface area contributed by atoms with Crippen LogP contribution in [0, 0.1) is 0 Å². The van der Waals surface area contributed by atoms with Gasteiger partial charge in [0, 0.05) is 11.9 Å². The first kappa shape index (κ1) is 12.5. The molecule has 2 aromatic rings. The SMILES string of the molecule is O=C(NCCC(F)(F)F)c1cc2ccccc2o1. The van der Waals surface area contributed by atoms with E-state index < -0.39 is 25.0 Å². The summed E-state index contributed by atoms with van der Waals surface area (Å²) in [5.74, 6) is -0.631.